The molecule has 1 aliphatic rings. The van der Waals surface area contributed by atoms with Crippen molar-refractivity contribution in [1.82, 2.24) is 10.2 Å². The molecule has 0 saturated carbocycles. The average molecular weight is 238 g/mol. The Balaban J connectivity index is 2.06. The first-order valence-corrected chi connectivity index (χ1v) is 6.60. The molecule has 1 saturated heterocycles. The van der Waals surface area contributed by atoms with Gasteiger partial charge in [0.1, 0.15) is 0 Å². The lowest BCUT2D eigenvalue weighted by Gasteiger charge is -2.31. The largest absolute Gasteiger partial charge is 0.338 e. The summed E-state index contributed by atoms with van der Waals surface area (Å²) in [6.45, 7) is 4.04. The zero-order chi connectivity index (χ0) is 11.5. The molecule has 1 fully saturated rings. The van der Waals surface area contributed by atoms with Crippen LogP contribution in [0.5, 0.6) is 0 Å². The number of aryl methyl sites for hydroxylation is 1. The molecule has 0 aromatic carbocycles. The fraction of sp³-hybridized carbons (Fsp3) is 0.583. The third-order valence-corrected chi connectivity index (χ3v) is 4.24. The van der Waals surface area contributed by atoms with Gasteiger partial charge in [0.2, 0.25) is 0 Å². The van der Waals surface area contributed by atoms with Crippen LogP contribution in [0, 0.1) is 6.92 Å². The molecule has 2 rings (SSSR count). The minimum atomic E-state index is 0.180. The normalized spacial score (nSPS) is 17.4. The minimum absolute atomic E-state index is 0.180. The smallest absolute Gasteiger partial charge is 0.264 e. The molecule has 16 heavy (non-hydrogen) atoms. The van der Waals surface area contributed by atoms with Gasteiger partial charge in [-0.25, -0.2) is 0 Å². The molecule has 0 spiro atoms. The maximum absolute atomic E-state index is 12.2. The summed E-state index contributed by atoms with van der Waals surface area (Å²) in [5.41, 5.74) is 1.09. The quantitative estimate of drug-likeness (QED) is 0.853. The van der Waals surface area contributed by atoms with Crippen molar-refractivity contribution in [2.24, 2.45) is 0 Å². The van der Waals surface area contributed by atoms with E-state index in [-0.39, 0.29) is 5.91 Å². The Morgan fingerprint density at radius 2 is 2.19 bits per heavy atom. The molecule has 1 aromatic heterocycles. The molecular weight excluding hydrogens is 220 g/mol. The summed E-state index contributed by atoms with van der Waals surface area (Å²) < 4.78 is 0. The van der Waals surface area contributed by atoms with E-state index in [2.05, 4.69) is 5.32 Å². The van der Waals surface area contributed by atoms with E-state index in [1.165, 1.54) is 0 Å². The Kier molecular flexibility index (Phi) is 3.61. The second-order valence-electron chi connectivity index (χ2n) is 4.33. The van der Waals surface area contributed by atoms with Crippen molar-refractivity contribution in [3.8, 4) is 0 Å². The lowest BCUT2D eigenvalue weighted by atomic mass is 10.1. The molecule has 0 unspecified atom stereocenters. The van der Waals surface area contributed by atoms with Crippen LogP contribution < -0.4 is 5.32 Å². The zero-order valence-corrected chi connectivity index (χ0v) is 10.6. The number of carbonyl (C=O) groups excluding carboxylic acids is 1. The lowest BCUT2D eigenvalue weighted by Crippen LogP contribution is -2.43. The summed E-state index contributed by atoms with van der Waals surface area (Å²) in [7, 11) is 1.93. The summed E-state index contributed by atoms with van der Waals surface area (Å²) >= 11 is 1.54. The highest BCUT2D eigenvalue weighted by Gasteiger charge is 2.24. The van der Waals surface area contributed by atoms with Crippen molar-refractivity contribution in [1.29, 1.82) is 0 Å². The van der Waals surface area contributed by atoms with Gasteiger partial charge in [0.25, 0.3) is 5.91 Å². The summed E-state index contributed by atoms with van der Waals surface area (Å²) in [5.74, 6) is 0.180. The third kappa shape index (κ3) is 2.28. The highest BCUT2D eigenvalue weighted by molar-refractivity contribution is 7.12. The topological polar surface area (TPSA) is 32.3 Å². The Morgan fingerprint density at radius 1 is 1.50 bits per heavy atom. The van der Waals surface area contributed by atoms with Crippen LogP contribution in [0.3, 0.4) is 0 Å². The molecule has 0 aliphatic carbocycles. The average Bonchev–Trinajstić information content (AvgIpc) is 2.75. The van der Waals surface area contributed by atoms with E-state index in [9.17, 15) is 4.79 Å². The monoisotopic (exact) mass is 238 g/mol. The molecule has 3 nitrogen and oxygen atoms in total. The number of hydrogen-bond donors (Lipinski definition) is 1. The Hall–Kier alpha value is -0.870. The molecule has 1 aromatic rings. The maximum Gasteiger partial charge on any atom is 0.264 e. The number of thiophene rings is 1. The summed E-state index contributed by atoms with van der Waals surface area (Å²) in [6, 6.07) is 2.41. The predicted octanol–water partition coefficient (Wildman–Crippen LogP) is 1.88. The van der Waals surface area contributed by atoms with E-state index in [1.807, 2.05) is 30.3 Å². The van der Waals surface area contributed by atoms with Gasteiger partial charge < -0.3 is 10.2 Å². The summed E-state index contributed by atoms with van der Waals surface area (Å²) in [5, 5.41) is 5.30. The van der Waals surface area contributed by atoms with Gasteiger partial charge in [-0.2, -0.15) is 0 Å². The molecule has 0 bridgehead atoms. The van der Waals surface area contributed by atoms with Gasteiger partial charge in [0, 0.05) is 13.1 Å². The SMILES string of the molecule is Cc1ccsc1C(=O)N(C)C1CCNCC1. The third-order valence-electron chi connectivity index (χ3n) is 3.23. The van der Waals surface area contributed by atoms with Crippen molar-refractivity contribution in [3.05, 3.63) is 21.9 Å². The van der Waals surface area contributed by atoms with Gasteiger partial charge in [0.05, 0.1) is 4.88 Å². The van der Waals surface area contributed by atoms with Crippen molar-refractivity contribution < 1.29 is 4.79 Å². The van der Waals surface area contributed by atoms with E-state index in [1.54, 1.807) is 11.3 Å². The van der Waals surface area contributed by atoms with Crippen LogP contribution in [0.4, 0.5) is 0 Å². The van der Waals surface area contributed by atoms with E-state index in [4.69, 9.17) is 0 Å². The van der Waals surface area contributed by atoms with E-state index in [0.29, 0.717) is 6.04 Å². The van der Waals surface area contributed by atoms with Crippen LogP contribution in [0.1, 0.15) is 28.1 Å². The Bertz CT molecular complexity index is 369. The predicted molar refractivity (Wildman–Crippen MR) is 67.0 cm³/mol. The van der Waals surface area contributed by atoms with Crippen molar-refractivity contribution in [2.45, 2.75) is 25.8 Å². The van der Waals surface area contributed by atoms with Crippen molar-refractivity contribution in [2.75, 3.05) is 20.1 Å². The fourth-order valence-corrected chi connectivity index (χ4v) is 3.02. The number of hydrogen-bond acceptors (Lipinski definition) is 3. The lowest BCUT2D eigenvalue weighted by molar-refractivity contribution is 0.0707. The summed E-state index contributed by atoms with van der Waals surface area (Å²) in [6.07, 6.45) is 2.12. The molecule has 2 heterocycles. The summed E-state index contributed by atoms with van der Waals surface area (Å²) in [4.78, 5) is 15.0. The molecule has 1 N–H and O–H groups in total. The van der Waals surface area contributed by atoms with Gasteiger partial charge >= 0.3 is 0 Å². The molecule has 0 atom stereocenters. The first kappa shape index (κ1) is 11.6. The Morgan fingerprint density at radius 3 is 2.75 bits per heavy atom. The number of carbonyl (C=O) groups is 1. The molecule has 4 heteroatoms. The fourth-order valence-electron chi connectivity index (χ4n) is 2.11. The molecule has 88 valence electrons. The number of amides is 1. The number of nitrogens with one attached hydrogen (secondary N) is 1. The number of rotatable bonds is 2. The molecule has 1 amide bonds. The second-order valence-corrected chi connectivity index (χ2v) is 5.25. The number of piperidine rings is 1. The highest BCUT2D eigenvalue weighted by Crippen LogP contribution is 2.20. The first-order valence-electron chi connectivity index (χ1n) is 5.72. The molecule has 1 aliphatic heterocycles. The number of nitrogens with zero attached hydrogens (tertiary/aromatic N) is 1. The van der Waals surface area contributed by atoms with Crippen LogP contribution in [-0.4, -0.2) is 37.0 Å². The maximum atomic E-state index is 12.2. The minimum Gasteiger partial charge on any atom is -0.338 e. The standard InChI is InChI=1S/C12H18N2OS/c1-9-5-8-16-11(9)12(15)14(2)10-3-6-13-7-4-10/h5,8,10,13H,3-4,6-7H2,1-2H3. The van der Waals surface area contributed by atoms with E-state index < -0.39 is 0 Å². The van der Waals surface area contributed by atoms with Crippen LogP contribution in [0.2, 0.25) is 0 Å². The van der Waals surface area contributed by atoms with Crippen molar-refractivity contribution >= 4 is 17.2 Å². The molecule has 0 radical (unpaired) electrons. The van der Waals surface area contributed by atoms with E-state index >= 15 is 0 Å². The Labute approximate surface area is 100 Å². The van der Waals surface area contributed by atoms with Gasteiger partial charge in [0.15, 0.2) is 0 Å². The van der Waals surface area contributed by atoms with Crippen LogP contribution in [0.25, 0.3) is 0 Å². The van der Waals surface area contributed by atoms with Gasteiger partial charge in [-0.15, -0.1) is 11.3 Å². The molecular formula is C12H18N2OS. The zero-order valence-electron chi connectivity index (χ0n) is 9.82. The van der Waals surface area contributed by atoms with Gasteiger partial charge in [-0.05, 0) is 49.9 Å². The van der Waals surface area contributed by atoms with Gasteiger partial charge in [-0.3, -0.25) is 4.79 Å². The highest BCUT2D eigenvalue weighted by atomic mass is 32.1. The van der Waals surface area contributed by atoms with Crippen molar-refractivity contribution in [3.63, 3.8) is 0 Å². The van der Waals surface area contributed by atoms with E-state index in [0.717, 1.165) is 36.4 Å². The van der Waals surface area contributed by atoms with Crippen LogP contribution in [-0.2, 0) is 0 Å². The van der Waals surface area contributed by atoms with Crippen LogP contribution >= 0.6 is 11.3 Å². The second kappa shape index (κ2) is 4.97. The first-order chi connectivity index (χ1) is 7.70. The van der Waals surface area contributed by atoms with Crippen LogP contribution in [0.15, 0.2) is 11.4 Å². The van der Waals surface area contributed by atoms with Gasteiger partial charge in [-0.1, -0.05) is 0 Å².